The summed E-state index contributed by atoms with van der Waals surface area (Å²) in [6.45, 7) is 13.3. The number of carbonyl (C=O) groups is 2. The summed E-state index contributed by atoms with van der Waals surface area (Å²) in [6.07, 6.45) is -0.318. The number of halogens is 1. The monoisotopic (exact) mass is 640 g/mol. The molecule has 0 bridgehead atoms. The van der Waals surface area contributed by atoms with Crippen molar-refractivity contribution in [1.82, 2.24) is 5.32 Å². The third-order valence-electron chi connectivity index (χ3n) is 6.99. The van der Waals surface area contributed by atoms with E-state index in [2.05, 4.69) is 50.4 Å². The quantitative estimate of drug-likeness (QED) is 0.101. The third-order valence-corrected chi connectivity index (χ3v) is 12.4. The number of rotatable bonds is 12. The Morgan fingerprint density at radius 1 is 0.955 bits per heavy atom. The molecule has 0 aromatic heterocycles. The van der Waals surface area contributed by atoms with E-state index in [1.54, 1.807) is 20.8 Å². The van der Waals surface area contributed by atoms with Crippen molar-refractivity contribution in [2.45, 2.75) is 71.6 Å². The minimum absolute atomic E-state index is 0.0324. The smallest absolute Gasteiger partial charge is 0.407 e. The largest absolute Gasteiger partial charge is 0.490 e. The summed E-state index contributed by atoms with van der Waals surface area (Å²) in [4.78, 5) is 35.8. The number of nitrogens with zero attached hydrogens (tertiary/aromatic N) is 1. The molecule has 11 heteroatoms. The Morgan fingerprint density at radius 3 is 1.95 bits per heavy atom. The number of nitro groups is 1. The molecule has 1 amide bonds. The molecule has 0 aliphatic heterocycles. The number of nitrogens with one attached hydrogen (secondary N) is 1. The van der Waals surface area contributed by atoms with Crippen LogP contribution in [0, 0.1) is 10.1 Å². The molecule has 236 valence electrons. The molecule has 0 unspecified atom stereocenters. The van der Waals surface area contributed by atoms with Gasteiger partial charge in [0, 0.05) is 18.2 Å². The summed E-state index contributed by atoms with van der Waals surface area (Å²) in [5.41, 5.74) is -1.09. The number of hydrogen-bond acceptors (Lipinski definition) is 7. The third kappa shape index (κ3) is 8.68. The average molecular weight is 641 g/mol. The minimum atomic E-state index is -2.85. The van der Waals surface area contributed by atoms with Crippen LogP contribution in [0.2, 0.25) is 10.1 Å². The highest BCUT2D eigenvalue weighted by Gasteiger charge is 2.50. The van der Waals surface area contributed by atoms with Gasteiger partial charge in [0.15, 0.2) is 10.8 Å². The van der Waals surface area contributed by atoms with Gasteiger partial charge >= 0.3 is 6.09 Å². The Morgan fingerprint density at radius 2 is 1.50 bits per heavy atom. The molecule has 44 heavy (non-hydrogen) atoms. The van der Waals surface area contributed by atoms with Gasteiger partial charge in [-0.25, -0.2) is 4.79 Å². The number of Topliss-reactive ketones (excluding diaryl/α,β-unsaturated/α-hetero) is 1. The van der Waals surface area contributed by atoms with E-state index >= 15 is 0 Å². The van der Waals surface area contributed by atoms with Gasteiger partial charge in [-0.15, -0.1) is 0 Å². The highest BCUT2D eigenvalue weighted by Crippen LogP contribution is 2.37. The van der Waals surface area contributed by atoms with Gasteiger partial charge in [-0.2, -0.15) is 0 Å². The fourth-order valence-electron chi connectivity index (χ4n) is 5.00. The van der Waals surface area contributed by atoms with E-state index in [-0.39, 0.29) is 40.4 Å². The van der Waals surface area contributed by atoms with E-state index in [9.17, 15) is 19.7 Å². The number of benzene rings is 3. The second-order valence-electron chi connectivity index (χ2n) is 12.6. The molecule has 0 spiro atoms. The molecular weight excluding hydrogens is 600 g/mol. The van der Waals surface area contributed by atoms with Crippen LogP contribution in [0.25, 0.3) is 0 Å². The molecular formula is C33H41ClN2O7Si. The van der Waals surface area contributed by atoms with Crippen LogP contribution in [-0.2, 0) is 9.16 Å². The lowest BCUT2D eigenvalue weighted by atomic mass is 10.1. The highest BCUT2D eigenvalue weighted by atomic mass is 35.5. The van der Waals surface area contributed by atoms with Crippen LogP contribution in [0.5, 0.6) is 5.75 Å². The second kappa shape index (κ2) is 14.4. The van der Waals surface area contributed by atoms with E-state index in [0.29, 0.717) is 6.42 Å². The highest BCUT2D eigenvalue weighted by molar-refractivity contribution is 6.99. The first kappa shape index (κ1) is 34.8. The summed E-state index contributed by atoms with van der Waals surface area (Å²) in [5.74, 6) is -0.410. The van der Waals surface area contributed by atoms with Crippen LogP contribution in [0.1, 0.15) is 65.2 Å². The van der Waals surface area contributed by atoms with E-state index in [4.69, 9.17) is 25.5 Å². The fourth-order valence-corrected chi connectivity index (χ4v) is 9.81. The van der Waals surface area contributed by atoms with Crippen LogP contribution >= 0.6 is 11.6 Å². The molecule has 3 aromatic rings. The first-order chi connectivity index (χ1) is 20.5. The van der Waals surface area contributed by atoms with E-state index < -0.39 is 36.7 Å². The normalized spacial score (nSPS) is 12.7. The standard InChI is InChI=1S/C33H41ClN2O7Si/c1-23(37)24-20-28(36(39)40)30(34)29(21-24)41-22-25(35-31(38)43-32(2,3)4)18-19-42-44(33(5,6)7,26-14-10-8-11-15-26)27-16-12-9-13-17-27/h8-17,20-21,25H,18-19,22H2,1-7H3,(H,35,38)/t25-/m0/s1. The Hall–Kier alpha value is -3.73. The number of amides is 1. The van der Waals surface area contributed by atoms with Gasteiger partial charge in [0.1, 0.15) is 18.0 Å². The van der Waals surface area contributed by atoms with E-state index in [1.165, 1.54) is 13.0 Å². The van der Waals surface area contributed by atoms with Gasteiger partial charge in [-0.3, -0.25) is 14.9 Å². The molecule has 0 saturated carbocycles. The maximum Gasteiger partial charge on any atom is 0.407 e. The van der Waals surface area contributed by atoms with Gasteiger partial charge in [0.2, 0.25) is 0 Å². The molecule has 0 aliphatic rings. The van der Waals surface area contributed by atoms with E-state index in [0.717, 1.165) is 16.4 Å². The lowest BCUT2D eigenvalue weighted by Gasteiger charge is -2.43. The van der Waals surface area contributed by atoms with Crippen molar-refractivity contribution in [2.75, 3.05) is 13.2 Å². The number of ketones is 1. The Kier molecular flexibility index (Phi) is 11.3. The van der Waals surface area contributed by atoms with Crippen molar-refractivity contribution in [3.63, 3.8) is 0 Å². The van der Waals surface area contributed by atoms with Crippen LogP contribution in [0.4, 0.5) is 10.5 Å². The van der Waals surface area contributed by atoms with Crippen LogP contribution in [-0.4, -0.2) is 50.0 Å². The maximum absolute atomic E-state index is 12.8. The summed E-state index contributed by atoms with van der Waals surface area (Å²) in [5, 5.41) is 16.2. The number of ether oxygens (including phenoxy) is 2. The van der Waals surface area contributed by atoms with Gasteiger partial charge in [-0.05, 0) is 55.6 Å². The number of hydrogen-bond donors (Lipinski definition) is 1. The first-order valence-electron chi connectivity index (χ1n) is 14.4. The molecule has 3 rings (SSSR count). The molecule has 0 fully saturated rings. The van der Waals surface area contributed by atoms with Crippen molar-refractivity contribution >= 4 is 47.9 Å². The summed E-state index contributed by atoms with van der Waals surface area (Å²) in [6, 6.07) is 22.2. The fraction of sp³-hybridized carbons (Fsp3) is 0.394. The lowest BCUT2D eigenvalue weighted by molar-refractivity contribution is -0.384. The van der Waals surface area contributed by atoms with Crippen LogP contribution in [0.3, 0.4) is 0 Å². The molecule has 0 heterocycles. The van der Waals surface area contributed by atoms with Gasteiger partial charge in [-0.1, -0.05) is 93.0 Å². The Balaban J connectivity index is 1.93. The zero-order chi connectivity index (χ0) is 32.7. The number of nitro benzene ring substituents is 1. The zero-order valence-electron chi connectivity index (χ0n) is 26.3. The van der Waals surface area contributed by atoms with Crippen LogP contribution < -0.4 is 20.4 Å². The van der Waals surface area contributed by atoms with Crippen LogP contribution in [0.15, 0.2) is 72.8 Å². The van der Waals surface area contributed by atoms with Crippen molar-refractivity contribution in [2.24, 2.45) is 0 Å². The molecule has 0 aliphatic carbocycles. The van der Waals surface area contributed by atoms with Crippen molar-refractivity contribution in [3.8, 4) is 5.75 Å². The predicted molar refractivity (Wildman–Crippen MR) is 175 cm³/mol. The lowest BCUT2D eigenvalue weighted by Crippen LogP contribution is -2.66. The molecule has 1 atom stereocenters. The Bertz CT molecular complexity index is 1420. The Labute approximate surface area is 265 Å². The summed E-state index contributed by atoms with van der Waals surface area (Å²) in [7, 11) is -2.85. The van der Waals surface area contributed by atoms with Gasteiger partial charge < -0.3 is 19.2 Å². The molecule has 0 radical (unpaired) electrons. The molecule has 9 nitrogen and oxygen atoms in total. The molecule has 3 aromatic carbocycles. The SMILES string of the molecule is CC(=O)c1cc(OC[C@H](CCO[Si](c2ccccc2)(c2ccccc2)C(C)(C)C)NC(=O)OC(C)(C)C)c(Cl)c([N+](=O)[O-])c1. The maximum atomic E-state index is 12.8. The second-order valence-corrected chi connectivity index (χ2v) is 17.3. The number of alkyl carbamates (subject to hydrolysis) is 1. The topological polar surface area (TPSA) is 117 Å². The average Bonchev–Trinajstić information content (AvgIpc) is 2.93. The first-order valence-corrected chi connectivity index (χ1v) is 16.7. The summed E-state index contributed by atoms with van der Waals surface area (Å²) < 4.78 is 18.4. The molecule has 1 N–H and O–H groups in total. The van der Waals surface area contributed by atoms with Crippen molar-refractivity contribution in [3.05, 3.63) is 93.5 Å². The van der Waals surface area contributed by atoms with Gasteiger partial charge in [0.05, 0.1) is 11.0 Å². The van der Waals surface area contributed by atoms with E-state index in [1.807, 2.05) is 36.4 Å². The summed E-state index contributed by atoms with van der Waals surface area (Å²) >= 11 is 6.30. The number of carbonyl (C=O) groups excluding carboxylic acids is 2. The van der Waals surface area contributed by atoms with Crippen molar-refractivity contribution < 1.29 is 28.4 Å². The predicted octanol–water partition coefficient (Wildman–Crippen LogP) is 6.69. The molecule has 0 saturated heterocycles. The van der Waals surface area contributed by atoms with Gasteiger partial charge in [0.25, 0.3) is 14.0 Å². The zero-order valence-corrected chi connectivity index (χ0v) is 28.1. The minimum Gasteiger partial charge on any atom is -0.490 e. The van der Waals surface area contributed by atoms with Crippen molar-refractivity contribution in [1.29, 1.82) is 0 Å².